The molecule has 0 spiro atoms. The second kappa shape index (κ2) is 7.56. The second-order valence-corrected chi connectivity index (χ2v) is 7.38. The van der Waals surface area contributed by atoms with E-state index in [0.29, 0.717) is 18.1 Å². The van der Waals surface area contributed by atoms with Crippen molar-refractivity contribution in [2.45, 2.75) is 13.5 Å². The highest BCUT2D eigenvalue weighted by Gasteiger charge is 2.20. The van der Waals surface area contributed by atoms with Gasteiger partial charge in [-0.2, -0.15) is 0 Å². The maximum absolute atomic E-state index is 6.27. The van der Waals surface area contributed by atoms with Crippen LogP contribution < -0.4 is 14.8 Å². The number of methoxy groups -OCH3 is 1. The van der Waals surface area contributed by atoms with E-state index in [1.54, 1.807) is 7.11 Å². The molecule has 0 bridgehead atoms. The van der Waals surface area contributed by atoms with E-state index in [0.717, 1.165) is 33.7 Å². The molecule has 0 aliphatic carbocycles. The summed E-state index contributed by atoms with van der Waals surface area (Å²) in [7, 11) is 1.66. The summed E-state index contributed by atoms with van der Waals surface area (Å²) in [6.45, 7) is 2.53. The zero-order valence-corrected chi connectivity index (χ0v) is 17.0. The first-order chi connectivity index (χ1) is 14.7. The van der Waals surface area contributed by atoms with E-state index in [1.807, 2.05) is 36.4 Å². The quantitative estimate of drug-likeness (QED) is 0.436. The van der Waals surface area contributed by atoms with Crippen molar-refractivity contribution in [3.05, 3.63) is 95.6 Å². The molecule has 4 heteroatoms. The van der Waals surface area contributed by atoms with E-state index < -0.39 is 0 Å². The number of nitrogens with one attached hydrogen (secondary N) is 1. The number of anilines is 1. The molecule has 0 saturated heterocycles. The summed E-state index contributed by atoms with van der Waals surface area (Å²) in [6, 6.07) is 26.6. The van der Waals surface area contributed by atoms with Gasteiger partial charge in [0, 0.05) is 11.1 Å². The molecule has 0 fully saturated rings. The number of para-hydroxylation sites is 1. The summed E-state index contributed by atoms with van der Waals surface area (Å²) < 4.78 is 11.9. The molecule has 1 heterocycles. The fourth-order valence-electron chi connectivity index (χ4n) is 3.89. The highest BCUT2D eigenvalue weighted by molar-refractivity contribution is 6.20. The van der Waals surface area contributed by atoms with Gasteiger partial charge in [-0.05, 0) is 42.1 Å². The molecule has 4 nitrogen and oxygen atoms in total. The number of rotatable bonds is 5. The number of hydrogen-bond donors (Lipinski definition) is 1. The number of hydrogen-bond acceptors (Lipinski definition) is 4. The Labute approximate surface area is 175 Å². The Balaban J connectivity index is 1.56. The minimum absolute atomic E-state index is 0.453. The molecular formula is C26H22N2O2. The van der Waals surface area contributed by atoms with Crippen LogP contribution in [0.25, 0.3) is 10.8 Å². The van der Waals surface area contributed by atoms with E-state index in [4.69, 9.17) is 14.5 Å². The largest absolute Gasteiger partial charge is 0.493 e. The van der Waals surface area contributed by atoms with E-state index in [2.05, 4.69) is 54.7 Å². The standard InChI is InChI=1S/C26H22N2O2/c1-17-7-3-8-18(15-17)16-30-25-20(11-6-14-23(25)29-2)26-27-21-12-4-9-19-10-5-13-22(28-26)24(19)21/h3-15H,16H2,1-2H3,(H,27,28). The van der Waals surface area contributed by atoms with Crippen LogP contribution in [0.4, 0.5) is 11.4 Å². The topological polar surface area (TPSA) is 42.8 Å². The highest BCUT2D eigenvalue weighted by Crippen LogP contribution is 2.39. The molecule has 4 aromatic carbocycles. The molecule has 0 atom stereocenters. The third kappa shape index (κ3) is 3.26. The zero-order valence-electron chi connectivity index (χ0n) is 17.0. The van der Waals surface area contributed by atoms with Gasteiger partial charge in [0.2, 0.25) is 0 Å². The van der Waals surface area contributed by atoms with E-state index in [1.165, 1.54) is 10.9 Å². The van der Waals surface area contributed by atoms with Gasteiger partial charge < -0.3 is 14.8 Å². The van der Waals surface area contributed by atoms with Crippen LogP contribution in [0.15, 0.2) is 83.9 Å². The normalized spacial score (nSPS) is 12.3. The summed E-state index contributed by atoms with van der Waals surface area (Å²) in [4.78, 5) is 4.91. The molecule has 30 heavy (non-hydrogen) atoms. The van der Waals surface area contributed by atoms with Crippen LogP contribution >= 0.6 is 0 Å². The molecule has 4 aromatic rings. The SMILES string of the molecule is COc1cccc(C2=Nc3cccc4cccc(c34)N2)c1OCc1cccc(C)c1. The van der Waals surface area contributed by atoms with Crippen LogP contribution in [0.5, 0.6) is 11.5 Å². The lowest BCUT2D eigenvalue weighted by Crippen LogP contribution is -2.18. The van der Waals surface area contributed by atoms with E-state index in [9.17, 15) is 0 Å². The van der Waals surface area contributed by atoms with Crippen molar-refractivity contribution in [2.75, 3.05) is 12.4 Å². The van der Waals surface area contributed by atoms with Crippen LogP contribution in [0.3, 0.4) is 0 Å². The minimum Gasteiger partial charge on any atom is -0.493 e. The first-order valence-corrected chi connectivity index (χ1v) is 9.96. The van der Waals surface area contributed by atoms with Gasteiger partial charge in [-0.15, -0.1) is 0 Å². The molecule has 5 rings (SSSR count). The number of benzene rings is 4. The lowest BCUT2D eigenvalue weighted by molar-refractivity contribution is 0.284. The molecule has 1 N–H and O–H groups in total. The van der Waals surface area contributed by atoms with Crippen molar-refractivity contribution < 1.29 is 9.47 Å². The van der Waals surface area contributed by atoms with Gasteiger partial charge in [0.15, 0.2) is 11.5 Å². The first kappa shape index (κ1) is 18.3. The van der Waals surface area contributed by atoms with Gasteiger partial charge in [0.05, 0.1) is 18.4 Å². The number of aliphatic imine (C=N–C) groups is 1. The number of nitrogens with zero attached hydrogens (tertiary/aromatic N) is 1. The van der Waals surface area contributed by atoms with Gasteiger partial charge in [-0.3, -0.25) is 0 Å². The molecule has 1 aliphatic heterocycles. The molecular weight excluding hydrogens is 372 g/mol. The Hall–Kier alpha value is -3.79. The van der Waals surface area contributed by atoms with Crippen LogP contribution in [0.1, 0.15) is 16.7 Å². The maximum atomic E-state index is 6.27. The highest BCUT2D eigenvalue weighted by atomic mass is 16.5. The van der Waals surface area contributed by atoms with Crippen LogP contribution in [-0.2, 0) is 6.61 Å². The van der Waals surface area contributed by atoms with Crippen molar-refractivity contribution >= 4 is 28.0 Å². The third-order valence-electron chi connectivity index (χ3n) is 5.29. The van der Waals surface area contributed by atoms with E-state index >= 15 is 0 Å². The number of aryl methyl sites for hydroxylation is 1. The molecule has 0 radical (unpaired) electrons. The average molecular weight is 394 g/mol. The van der Waals surface area contributed by atoms with Crippen molar-refractivity contribution in [2.24, 2.45) is 4.99 Å². The Morgan fingerprint density at radius 1 is 0.900 bits per heavy atom. The fraction of sp³-hybridized carbons (Fsp3) is 0.115. The lowest BCUT2D eigenvalue weighted by atomic mass is 10.0. The third-order valence-corrected chi connectivity index (χ3v) is 5.29. The lowest BCUT2D eigenvalue weighted by Gasteiger charge is -2.22. The maximum Gasteiger partial charge on any atom is 0.172 e. The van der Waals surface area contributed by atoms with Crippen molar-refractivity contribution in [3.8, 4) is 11.5 Å². The molecule has 0 aromatic heterocycles. The predicted octanol–water partition coefficient (Wildman–Crippen LogP) is 6.24. The zero-order chi connectivity index (χ0) is 20.5. The molecule has 0 amide bonds. The van der Waals surface area contributed by atoms with Crippen molar-refractivity contribution in [1.29, 1.82) is 0 Å². The predicted molar refractivity (Wildman–Crippen MR) is 122 cm³/mol. The van der Waals surface area contributed by atoms with Gasteiger partial charge in [-0.1, -0.05) is 60.2 Å². The average Bonchev–Trinajstić information content (AvgIpc) is 2.78. The van der Waals surface area contributed by atoms with Gasteiger partial charge >= 0.3 is 0 Å². The Morgan fingerprint density at radius 2 is 1.70 bits per heavy atom. The molecule has 148 valence electrons. The minimum atomic E-state index is 0.453. The molecule has 0 saturated carbocycles. The Kier molecular flexibility index (Phi) is 4.60. The van der Waals surface area contributed by atoms with Gasteiger partial charge in [-0.25, -0.2) is 4.99 Å². The Morgan fingerprint density at radius 3 is 2.53 bits per heavy atom. The first-order valence-electron chi connectivity index (χ1n) is 9.96. The summed E-state index contributed by atoms with van der Waals surface area (Å²) in [5, 5.41) is 5.79. The van der Waals surface area contributed by atoms with Crippen molar-refractivity contribution in [3.63, 3.8) is 0 Å². The van der Waals surface area contributed by atoms with Crippen LogP contribution in [0, 0.1) is 6.92 Å². The van der Waals surface area contributed by atoms with Crippen LogP contribution in [-0.4, -0.2) is 12.9 Å². The summed E-state index contributed by atoms with van der Waals surface area (Å²) in [5.74, 6) is 2.11. The van der Waals surface area contributed by atoms with Gasteiger partial charge in [0.25, 0.3) is 0 Å². The summed E-state index contributed by atoms with van der Waals surface area (Å²) >= 11 is 0. The number of amidine groups is 1. The van der Waals surface area contributed by atoms with Crippen LogP contribution in [0.2, 0.25) is 0 Å². The number of ether oxygens (including phenoxy) is 2. The summed E-state index contributed by atoms with van der Waals surface area (Å²) in [5.41, 5.74) is 5.18. The molecule has 1 aliphatic rings. The van der Waals surface area contributed by atoms with E-state index in [-0.39, 0.29) is 0 Å². The summed E-state index contributed by atoms with van der Waals surface area (Å²) in [6.07, 6.45) is 0. The molecule has 0 unspecified atom stereocenters. The van der Waals surface area contributed by atoms with Crippen molar-refractivity contribution in [1.82, 2.24) is 0 Å². The van der Waals surface area contributed by atoms with Gasteiger partial charge in [0.1, 0.15) is 12.4 Å². The smallest absolute Gasteiger partial charge is 0.172 e. The Bertz CT molecular complexity index is 1270. The fourth-order valence-corrected chi connectivity index (χ4v) is 3.89. The monoisotopic (exact) mass is 394 g/mol. The second-order valence-electron chi connectivity index (χ2n) is 7.38.